The van der Waals surface area contributed by atoms with Crippen LogP contribution in [0.25, 0.3) is 11.0 Å². The molecule has 0 aliphatic rings. The largest absolute Gasteiger partial charge is 0.463 e. The maximum Gasteiger partial charge on any atom is 0.252 e. The zero-order chi connectivity index (χ0) is 8.55. The van der Waals surface area contributed by atoms with Crippen LogP contribution in [0.15, 0.2) is 34.9 Å². The van der Waals surface area contributed by atoms with E-state index in [1.54, 1.807) is 12.1 Å². The quantitative estimate of drug-likeness (QED) is 0.689. The lowest BCUT2D eigenvalue weighted by Gasteiger charge is -1.88. The standard InChI is InChI=1S/C9H7NO2/c10-9(11)7-5-12-8-4-2-1-3-6(7)8/h1-5H,(H2,10,11). The monoisotopic (exact) mass is 161 g/mol. The van der Waals surface area contributed by atoms with E-state index in [1.165, 1.54) is 6.26 Å². The fourth-order valence-corrected chi connectivity index (χ4v) is 1.17. The molecule has 3 heteroatoms. The molecule has 2 aromatic rings. The van der Waals surface area contributed by atoms with E-state index in [0.717, 1.165) is 5.39 Å². The number of rotatable bonds is 1. The average Bonchev–Trinajstić information content (AvgIpc) is 2.47. The molecule has 3 nitrogen and oxygen atoms in total. The summed E-state index contributed by atoms with van der Waals surface area (Å²) in [5, 5.41) is 0.769. The third-order valence-electron chi connectivity index (χ3n) is 1.75. The van der Waals surface area contributed by atoms with Gasteiger partial charge >= 0.3 is 0 Å². The van der Waals surface area contributed by atoms with E-state index in [1.807, 2.05) is 12.1 Å². The fraction of sp³-hybridized carbons (Fsp3) is 0. The molecule has 1 aromatic carbocycles. The van der Waals surface area contributed by atoms with Crippen molar-refractivity contribution in [3.8, 4) is 0 Å². The molecule has 0 radical (unpaired) electrons. The molecule has 0 saturated heterocycles. The number of hydrogen-bond donors (Lipinski definition) is 1. The molecule has 0 bridgehead atoms. The number of amides is 1. The maximum atomic E-state index is 10.8. The van der Waals surface area contributed by atoms with Crippen LogP contribution in [-0.4, -0.2) is 5.91 Å². The highest BCUT2D eigenvalue weighted by Crippen LogP contribution is 2.19. The van der Waals surface area contributed by atoms with Crippen molar-refractivity contribution in [2.75, 3.05) is 0 Å². The van der Waals surface area contributed by atoms with Gasteiger partial charge in [-0.2, -0.15) is 0 Å². The maximum absolute atomic E-state index is 10.8. The predicted octanol–water partition coefficient (Wildman–Crippen LogP) is 1.53. The van der Waals surface area contributed by atoms with Crippen molar-refractivity contribution in [1.29, 1.82) is 0 Å². The summed E-state index contributed by atoms with van der Waals surface area (Å²) in [6.07, 6.45) is 1.38. The summed E-state index contributed by atoms with van der Waals surface area (Å²) in [5.74, 6) is -0.458. The Labute approximate surface area is 68.8 Å². The van der Waals surface area contributed by atoms with E-state index in [-0.39, 0.29) is 0 Å². The number of carbonyl (C=O) groups excluding carboxylic acids is 1. The first-order valence-electron chi connectivity index (χ1n) is 3.55. The van der Waals surface area contributed by atoms with Crippen LogP contribution < -0.4 is 5.73 Å². The Morgan fingerprint density at radius 2 is 2.08 bits per heavy atom. The van der Waals surface area contributed by atoms with Crippen molar-refractivity contribution in [3.63, 3.8) is 0 Å². The topological polar surface area (TPSA) is 56.2 Å². The Morgan fingerprint density at radius 3 is 2.83 bits per heavy atom. The minimum Gasteiger partial charge on any atom is -0.463 e. The second kappa shape index (κ2) is 2.37. The molecule has 1 heterocycles. The van der Waals surface area contributed by atoms with Crippen molar-refractivity contribution >= 4 is 16.9 Å². The minimum absolute atomic E-state index is 0.436. The Balaban J connectivity index is 2.79. The van der Waals surface area contributed by atoms with Crippen LogP contribution in [0.3, 0.4) is 0 Å². The first-order chi connectivity index (χ1) is 5.79. The van der Waals surface area contributed by atoms with Gasteiger partial charge in [-0.25, -0.2) is 0 Å². The Bertz CT molecular complexity index is 431. The van der Waals surface area contributed by atoms with E-state index in [4.69, 9.17) is 10.2 Å². The molecular weight excluding hydrogens is 154 g/mol. The van der Waals surface area contributed by atoms with Crippen LogP contribution in [0.1, 0.15) is 10.4 Å². The predicted molar refractivity (Wildman–Crippen MR) is 44.7 cm³/mol. The molecule has 0 aliphatic heterocycles. The minimum atomic E-state index is -0.458. The third kappa shape index (κ3) is 0.871. The molecule has 0 unspecified atom stereocenters. The summed E-state index contributed by atoms with van der Waals surface area (Å²) in [5.41, 5.74) is 6.25. The van der Waals surface area contributed by atoms with E-state index < -0.39 is 5.91 Å². The summed E-state index contributed by atoms with van der Waals surface area (Å²) in [4.78, 5) is 10.8. The van der Waals surface area contributed by atoms with Gasteiger partial charge < -0.3 is 10.2 Å². The molecule has 12 heavy (non-hydrogen) atoms. The second-order valence-corrected chi connectivity index (χ2v) is 2.51. The van der Waals surface area contributed by atoms with Gasteiger partial charge in [-0.05, 0) is 6.07 Å². The van der Waals surface area contributed by atoms with Crippen molar-refractivity contribution in [2.45, 2.75) is 0 Å². The first-order valence-corrected chi connectivity index (χ1v) is 3.55. The molecule has 2 rings (SSSR count). The van der Waals surface area contributed by atoms with Gasteiger partial charge in [0.05, 0.1) is 5.56 Å². The molecule has 0 aliphatic carbocycles. The van der Waals surface area contributed by atoms with Crippen LogP contribution >= 0.6 is 0 Å². The number of nitrogens with two attached hydrogens (primary N) is 1. The van der Waals surface area contributed by atoms with Gasteiger partial charge in [0.25, 0.3) is 5.91 Å². The first kappa shape index (κ1) is 6.91. The number of primary amides is 1. The van der Waals surface area contributed by atoms with Gasteiger partial charge in [0.15, 0.2) is 0 Å². The van der Waals surface area contributed by atoms with Crippen molar-refractivity contribution in [1.82, 2.24) is 0 Å². The molecular formula is C9H7NO2. The van der Waals surface area contributed by atoms with Gasteiger partial charge in [0, 0.05) is 5.39 Å². The van der Waals surface area contributed by atoms with Crippen LogP contribution in [0.2, 0.25) is 0 Å². The van der Waals surface area contributed by atoms with Crippen LogP contribution in [0.4, 0.5) is 0 Å². The highest BCUT2D eigenvalue weighted by atomic mass is 16.3. The van der Waals surface area contributed by atoms with Crippen LogP contribution in [-0.2, 0) is 0 Å². The smallest absolute Gasteiger partial charge is 0.252 e. The lowest BCUT2D eigenvalue weighted by Crippen LogP contribution is -2.09. The van der Waals surface area contributed by atoms with Crippen molar-refractivity contribution in [3.05, 3.63) is 36.1 Å². The van der Waals surface area contributed by atoms with Crippen LogP contribution in [0.5, 0.6) is 0 Å². The molecule has 0 atom stereocenters. The zero-order valence-electron chi connectivity index (χ0n) is 6.28. The summed E-state index contributed by atoms with van der Waals surface area (Å²) in [6.45, 7) is 0. The van der Waals surface area contributed by atoms with Crippen LogP contribution in [0, 0.1) is 0 Å². The van der Waals surface area contributed by atoms with E-state index in [0.29, 0.717) is 11.1 Å². The molecule has 1 amide bonds. The Morgan fingerprint density at radius 1 is 1.33 bits per heavy atom. The molecule has 0 fully saturated rings. The second-order valence-electron chi connectivity index (χ2n) is 2.51. The highest BCUT2D eigenvalue weighted by Gasteiger charge is 2.08. The number of fused-ring (bicyclic) bond motifs is 1. The van der Waals surface area contributed by atoms with Gasteiger partial charge in [-0.1, -0.05) is 18.2 Å². The molecule has 0 spiro atoms. The zero-order valence-corrected chi connectivity index (χ0v) is 6.28. The molecule has 1 aromatic heterocycles. The van der Waals surface area contributed by atoms with E-state index in [9.17, 15) is 4.79 Å². The summed E-state index contributed by atoms with van der Waals surface area (Å²) in [6, 6.07) is 7.28. The molecule has 0 saturated carbocycles. The average molecular weight is 161 g/mol. The number of para-hydroxylation sites is 1. The summed E-state index contributed by atoms with van der Waals surface area (Å²) >= 11 is 0. The van der Waals surface area contributed by atoms with Gasteiger partial charge in [0.2, 0.25) is 0 Å². The normalized spacial score (nSPS) is 10.3. The van der Waals surface area contributed by atoms with Crippen molar-refractivity contribution < 1.29 is 9.21 Å². The van der Waals surface area contributed by atoms with Gasteiger partial charge in [-0.15, -0.1) is 0 Å². The SMILES string of the molecule is NC(=O)c1coc2ccccc12. The van der Waals surface area contributed by atoms with E-state index in [2.05, 4.69) is 0 Å². The van der Waals surface area contributed by atoms with Gasteiger partial charge in [-0.3, -0.25) is 4.79 Å². The lowest BCUT2D eigenvalue weighted by molar-refractivity contribution is 0.100. The highest BCUT2D eigenvalue weighted by molar-refractivity contribution is 6.04. The summed E-state index contributed by atoms with van der Waals surface area (Å²) in [7, 11) is 0. The molecule has 60 valence electrons. The van der Waals surface area contributed by atoms with Crippen molar-refractivity contribution in [2.24, 2.45) is 5.73 Å². The van der Waals surface area contributed by atoms with E-state index >= 15 is 0 Å². The third-order valence-corrected chi connectivity index (χ3v) is 1.75. The number of benzene rings is 1. The fourth-order valence-electron chi connectivity index (χ4n) is 1.17. The van der Waals surface area contributed by atoms with Gasteiger partial charge in [0.1, 0.15) is 11.8 Å². The lowest BCUT2D eigenvalue weighted by atomic mass is 10.2. The Kier molecular flexibility index (Phi) is 1.37. The Hall–Kier alpha value is -1.77. The number of furan rings is 1. The molecule has 2 N–H and O–H groups in total. The summed E-state index contributed by atoms with van der Waals surface area (Å²) < 4.78 is 5.11. The number of hydrogen-bond acceptors (Lipinski definition) is 2. The number of carbonyl (C=O) groups is 1.